The van der Waals surface area contributed by atoms with Gasteiger partial charge in [-0.2, -0.15) is 0 Å². The molecule has 1 aliphatic rings. The van der Waals surface area contributed by atoms with E-state index in [1.165, 1.54) is 25.6 Å². The quantitative estimate of drug-likeness (QED) is 0.294. The number of rotatable bonds is 13. The highest BCUT2D eigenvalue weighted by Crippen LogP contribution is 2.41. The number of pyridine rings is 1. The minimum Gasteiger partial charge on any atom is -0.494 e. The van der Waals surface area contributed by atoms with Gasteiger partial charge in [0.15, 0.2) is 5.82 Å². The van der Waals surface area contributed by atoms with Crippen LogP contribution >= 0.6 is 0 Å². The van der Waals surface area contributed by atoms with Gasteiger partial charge in [0.25, 0.3) is 0 Å². The van der Waals surface area contributed by atoms with E-state index < -0.39 is 29.5 Å². The van der Waals surface area contributed by atoms with Crippen molar-refractivity contribution in [2.75, 3.05) is 32.2 Å². The van der Waals surface area contributed by atoms with Crippen molar-refractivity contribution in [1.29, 1.82) is 0 Å². The summed E-state index contributed by atoms with van der Waals surface area (Å²) in [5.74, 6) is 1.55. The molecule has 1 fully saturated rings. The number of anilines is 1. The fraction of sp³-hybridized carbons (Fsp3) is 0.519. The first-order chi connectivity index (χ1) is 18.9. The molecule has 0 amide bonds. The average Bonchev–Trinajstić information content (AvgIpc) is 3.70. The number of aliphatic hydroxyl groups is 1. The molecule has 0 spiro atoms. The van der Waals surface area contributed by atoms with Crippen LogP contribution < -0.4 is 18.5 Å². The van der Waals surface area contributed by atoms with Gasteiger partial charge in [-0.25, -0.2) is 17.7 Å². The average molecular weight is 590 g/mol. The van der Waals surface area contributed by atoms with Gasteiger partial charge in [0.1, 0.15) is 28.1 Å². The summed E-state index contributed by atoms with van der Waals surface area (Å²) in [6, 6.07) is 11.2. The predicted molar refractivity (Wildman–Crippen MR) is 157 cm³/mol. The third kappa shape index (κ3) is 6.10. The van der Waals surface area contributed by atoms with Crippen molar-refractivity contribution < 1.29 is 27.7 Å². The molecular formula is C27H39N5O6SSi. The number of hydrogen-bond acceptors (Lipinski definition) is 9. The van der Waals surface area contributed by atoms with Crippen molar-refractivity contribution >= 4 is 24.0 Å². The first-order valence-electron chi connectivity index (χ1n) is 13.3. The van der Waals surface area contributed by atoms with Crippen LogP contribution in [0.1, 0.15) is 19.8 Å². The Morgan fingerprint density at radius 3 is 2.20 bits per heavy atom. The van der Waals surface area contributed by atoms with Crippen LogP contribution in [0.25, 0.3) is 17.2 Å². The number of aliphatic hydroxyl groups excluding tert-OH is 1. The Hall–Kier alpha value is -3.16. The number of para-hydroxylation sites is 1. The number of benzene rings is 1. The van der Waals surface area contributed by atoms with E-state index in [4.69, 9.17) is 14.2 Å². The normalized spacial score (nSPS) is 15.4. The Bertz CT molecular complexity index is 1420. The lowest BCUT2D eigenvalue weighted by molar-refractivity contribution is 0.149. The van der Waals surface area contributed by atoms with Crippen molar-refractivity contribution in [3.63, 3.8) is 0 Å². The lowest BCUT2D eigenvalue weighted by Crippen LogP contribution is -2.46. The first kappa shape index (κ1) is 29.8. The van der Waals surface area contributed by atoms with Crippen molar-refractivity contribution in [3.05, 3.63) is 36.4 Å². The van der Waals surface area contributed by atoms with Gasteiger partial charge >= 0.3 is 0 Å². The zero-order valence-electron chi connectivity index (χ0n) is 24.2. The third-order valence-corrected chi connectivity index (χ3v) is 11.0. The predicted octanol–water partition coefficient (Wildman–Crippen LogP) is 3.99. The van der Waals surface area contributed by atoms with E-state index in [0.717, 1.165) is 12.8 Å². The summed E-state index contributed by atoms with van der Waals surface area (Å²) in [7, 11) is -1.21. The molecule has 0 aliphatic heterocycles. The minimum absolute atomic E-state index is 0.0210. The fourth-order valence-corrected chi connectivity index (χ4v) is 7.21. The maximum Gasteiger partial charge on any atom is 0.246 e. The Balaban J connectivity index is 2.00. The van der Waals surface area contributed by atoms with Crippen molar-refractivity contribution in [3.8, 4) is 34.6 Å². The molecule has 1 aliphatic carbocycles. The summed E-state index contributed by atoms with van der Waals surface area (Å²) in [4.78, 5) is 4.55. The van der Waals surface area contributed by atoms with Crippen LogP contribution in [0.2, 0.25) is 25.7 Å². The van der Waals surface area contributed by atoms with E-state index >= 15 is 0 Å². The lowest BCUT2D eigenvalue weighted by Gasteiger charge is -2.31. The highest BCUT2D eigenvalue weighted by molar-refractivity contribution is 7.93. The van der Waals surface area contributed by atoms with Gasteiger partial charge in [0.05, 0.1) is 27.4 Å². The monoisotopic (exact) mass is 589 g/mol. The molecule has 11 nitrogen and oxygen atoms in total. The number of sulfonamides is 1. The smallest absolute Gasteiger partial charge is 0.246 e. The summed E-state index contributed by atoms with van der Waals surface area (Å²) in [6.45, 7) is 8.29. The number of hydrogen-bond donors (Lipinski definition) is 1. The summed E-state index contributed by atoms with van der Waals surface area (Å²) >= 11 is 0. The topological polar surface area (TPSA) is 129 Å². The molecule has 0 bridgehead atoms. The van der Waals surface area contributed by atoms with E-state index in [9.17, 15) is 13.5 Å². The van der Waals surface area contributed by atoms with Crippen molar-refractivity contribution in [2.45, 2.75) is 56.8 Å². The third-order valence-electron chi connectivity index (χ3n) is 7.08. The highest BCUT2D eigenvalue weighted by Gasteiger charge is 2.43. The second-order valence-electron chi connectivity index (χ2n) is 11.2. The summed E-state index contributed by atoms with van der Waals surface area (Å²) in [5.41, 5.74) is 0.843. The van der Waals surface area contributed by atoms with Gasteiger partial charge in [0.2, 0.25) is 21.9 Å². The van der Waals surface area contributed by atoms with Crippen LogP contribution in [0.15, 0.2) is 36.4 Å². The molecule has 1 saturated carbocycles. The van der Waals surface area contributed by atoms with Crippen molar-refractivity contribution in [1.82, 2.24) is 19.7 Å². The molecule has 0 unspecified atom stereocenters. The standard InChI is InChI=1S/C27H39N5O6SSi/c1-18(25(33)19-14-15-19)39(34,35)31(16-17-40(5,6)7)27-30-29-26(20-10-8-13-23(28-20)38-4)32(27)24-21(36-2)11-9-12-22(24)37-3/h8-13,18-19,25,33H,14-17H2,1-7H3/t18-,25-/m1/s1. The zero-order valence-corrected chi connectivity index (χ0v) is 26.0. The van der Waals surface area contributed by atoms with E-state index in [2.05, 4.69) is 34.8 Å². The van der Waals surface area contributed by atoms with Gasteiger partial charge < -0.3 is 19.3 Å². The highest BCUT2D eigenvalue weighted by atomic mass is 32.2. The molecule has 3 aromatic rings. The molecule has 4 rings (SSSR count). The van der Waals surface area contributed by atoms with Crippen LogP contribution in [0, 0.1) is 5.92 Å². The SMILES string of the molecule is COc1cccc(-c2nnc(N(CC[Si](C)(C)C)S(=O)(=O)[C@H](C)[C@@H](O)C3CC3)n2-c2c(OC)cccc2OC)n1. The maximum atomic E-state index is 14.3. The molecule has 0 radical (unpaired) electrons. The molecule has 13 heteroatoms. The molecule has 218 valence electrons. The zero-order chi connectivity index (χ0) is 29.2. The summed E-state index contributed by atoms with van der Waals surface area (Å²) in [5, 5.41) is 18.8. The van der Waals surface area contributed by atoms with Crippen LogP contribution in [-0.2, 0) is 10.0 Å². The van der Waals surface area contributed by atoms with Gasteiger partial charge in [-0.3, -0.25) is 4.57 Å². The van der Waals surface area contributed by atoms with E-state index in [1.54, 1.807) is 47.9 Å². The van der Waals surface area contributed by atoms with Crippen molar-refractivity contribution in [2.24, 2.45) is 5.92 Å². The van der Waals surface area contributed by atoms with Crippen LogP contribution in [0.3, 0.4) is 0 Å². The Morgan fingerprint density at radius 2 is 1.65 bits per heavy atom. The van der Waals surface area contributed by atoms with Gasteiger partial charge in [-0.15, -0.1) is 10.2 Å². The number of aromatic nitrogens is 4. The van der Waals surface area contributed by atoms with Crippen LogP contribution in [0.4, 0.5) is 5.95 Å². The number of nitrogens with zero attached hydrogens (tertiary/aromatic N) is 5. The van der Waals surface area contributed by atoms with Gasteiger partial charge in [0, 0.05) is 20.7 Å². The maximum absolute atomic E-state index is 14.3. The Morgan fingerprint density at radius 1 is 1.02 bits per heavy atom. The molecule has 0 saturated heterocycles. The van der Waals surface area contributed by atoms with Crippen LogP contribution in [0.5, 0.6) is 17.4 Å². The van der Waals surface area contributed by atoms with Gasteiger partial charge in [-0.05, 0) is 49.9 Å². The molecule has 1 N–H and O–H groups in total. The molecule has 1 aromatic carbocycles. The number of methoxy groups -OCH3 is 3. The van der Waals surface area contributed by atoms with Gasteiger partial charge in [-0.1, -0.05) is 31.8 Å². The van der Waals surface area contributed by atoms with E-state index in [0.29, 0.717) is 34.8 Å². The first-order valence-corrected chi connectivity index (χ1v) is 18.5. The minimum atomic E-state index is -4.08. The fourth-order valence-electron chi connectivity index (χ4n) is 4.49. The molecule has 2 atom stereocenters. The molecule has 40 heavy (non-hydrogen) atoms. The largest absolute Gasteiger partial charge is 0.494 e. The summed E-state index contributed by atoms with van der Waals surface area (Å²) in [6.07, 6.45) is 0.655. The lowest BCUT2D eigenvalue weighted by atomic mass is 10.2. The Kier molecular flexibility index (Phi) is 8.76. The molecule has 2 aromatic heterocycles. The second-order valence-corrected chi connectivity index (χ2v) is 19.0. The van der Waals surface area contributed by atoms with E-state index in [1.807, 2.05) is 0 Å². The second kappa shape index (κ2) is 11.8. The molecular weight excluding hydrogens is 550 g/mol. The summed E-state index contributed by atoms with van der Waals surface area (Å²) < 4.78 is 48.2. The Labute approximate surface area is 237 Å². The molecule has 2 heterocycles. The van der Waals surface area contributed by atoms with Crippen LogP contribution in [-0.4, -0.2) is 80.6 Å². The van der Waals surface area contributed by atoms with E-state index in [-0.39, 0.29) is 24.2 Å². The number of ether oxygens (including phenoxy) is 3.